The van der Waals surface area contributed by atoms with Gasteiger partial charge < -0.3 is 5.32 Å². The van der Waals surface area contributed by atoms with Gasteiger partial charge in [0.1, 0.15) is 0 Å². The Hall–Kier alpha value is -0.910. The molecule has 0 aromatic heterocycles. The third-order valence-electron chi connectivity index (χ3n) is 3.28. The van der Waals surface area contributed by atoms with E-state index in [2.05, 4.69) is 5.32 Å². The molecule has 5 heteroatoms. The number of benzene rings is 1. The molecule has 1 aromatic carbocycles. The average molecular weight is 268 g/mol. The van der Waals surface area contributed by atoms with Crippen LogP contribution in [0.15, 0.2) is 29.2 Å². The Kier molecular flexibility index (Phi) is 4.04. The van der Waals surface area contributed by atoms with Crippen LogP contribution in [-0.4, -0.2) is 38.4 Å². The lowest BCUT2D eigenvalue weighted by Gasteiger charge is -2.31. The lowest BCUT2D eigenvalue weighted by molar-refractivity contribution is 0.310. The van der Waals surface area contributed by atoms with Crippen LogP contribution in [-0.2, 0) is 16.4 Å². The highest BCUT2D eigenvalue weighted by Crippen LogP contribution is 2.18. The zero-order chi connectivity index (χ0) is 13.2. The Morgan fingerprint density at radius 1 is 1.44 bits per heavy atom. The molecule has 0 spiro atoms. The molecule has 1 N–H and O–H groups in total. The zero-order valence-electron chi connectivity index (χ0n) is 10.9. The number of sulfonamides is 1. The third kappa shape index (κ3) is 2.74. The highest BCUT2D eigenvalue weighted by Gasteiger charge is 2.28. The Labute approximate surface area is 109 Å². The topological polar surface area (TPSA) is 49.4 Å². The molecule has 1 fully saturated rings. The molecule has 0 bridgehead atoms. The fraction of sp³-hybridized carbons (Fsp3) is 0.538. The smallest absolute Gasteiger partial charge is 0.243 e. The Balaban J connectivity index is 2.29. The predicted octanol–water partition coefficient (Wildman–Crippen LogP) is 1.23. The quantitative estimate of drug-likeness (QED) is 0.897. The largest absolute Gasteiger partial charge is 0.312 e. The first-order valence-electron chi connectivity index (χ1n) is 6.36. The molecule has 0 aliphatic carbocycles. The van der Waals surface area contributed by atoms with E-state index in [9.17, 15) is 8.42 Å². The number of hydrogen-bond acceptors (Lipinski definition) is 3. The van der Waals surface area contributed by atoms with Gasteiger partial charge in [0.15, 0.2) is 0 Å². The van der Waals surface area contributed by atoms with Crippen molar-refractivity contribution in [1.82, 2.24) is 9.62 Å². The SMILES string of the molecule is CCc1cccc(S(=O)(=O)N2CCN[C@H](C)C2)c1. The molecule has 1 aliphatic rings. The van der Waals surface area contributed by atoms with Crippen molar-refractivity contribution >= 4 is 10.0 Å². The molecule has 1 aliphatic heterocycles. The van der Waals surface area contributed by atoms with Gasteiger partial charge in [-0.2, -0.15) is 4.31 Å². The molecule has 2 rings (SSSR count). The number of aryl methyl sites for hydroxylation is 1. The Morgan fingerprint density at radius 2 is 2.22 bits per heavy atom. The lowest BCUT2D eigenvalue weighted by atomic mass is 10.2. The van der Waals surface area contributed by atoms with Gasteiger partial charge in [0.25, 0.3) is 0 Å². The van der Waals surface area contributed by atoms with Crippen molar-refractivity contribution in [3.63, 3.8) is 0 Å². The molecule has 0 amide bonds. The summed E-state index contributed by atoms with van der Waals surface area (Å²) in [5.74, 6) is 0. The molecular formula is C13H20N2O2S. The maximum Gasteiger partial charge on any atom is 0.243 e. The fourth-order valence-electron chi connectivity index (χ4n) is 2.19. The summed E-state index contributed by atoms with van der Waals surface area (Å²) in [5, 5.41) is 3.25. The minimum Gasteiger partial charge on any atom is -0.312 e. The van der Waals surface area contributed by atoms with Gasteiger partial charge >= 0.3 is 0 Å². The van der Waals surface area contributed by atoms with Crippen LogP contribution in [0.4, 0.5) is 0 Å². The van der Waals surface area contributed by atoms with Crippen LogP contribution in [0.25, 0.3) is 0 Å². The molecule has 1 atom stereocenters. The minimum absolute atomic E-state index is 0.211. The third-order valence-corrected chi connectivity index (χ3v) is 5.14. The van der Waals surface area contributed by atoms with Crippen molar-refractivity contribution in [3.8, 4) is 0 Å². The van der Waals surface area contributed by atoms with Gasteiger partial charge in [-0.25, -0.2) is 8.42 Å². The molecule has 1 aromatic rings. The van der Waals surface area contributed by atoms with E-state index in [1.54, 1.807) is 16.4 Å². The van der Waals surface area contributed by atoms with Crippen LogP contribution >= 0.6 is 0 Å². The highest BCUT2D eigenvalue weighted by molar-refractivity contribution is 7.89. The van der Waals surface area contributed by atoms with Gasteiger partial charge in [-0.15, -0.1) is 0 Å². The van der Waals surface area contributed by atoms with Crippen LogP contribution in [0.3, 0.4) is 0 Å². The van der Waals surface area contributed by atoms with Gasteiger partial charge in [-0.05, 0) is 31.0 Å². The normalized spacial score (nSPS) is 22.0. The minimum atomic E-state index is -3.33. The molecule has 0 radical (unpaired) electrons. The van der Waals surface area contributed by atoms with Gasteiger partial charge in [0.05, 0.1) is 4.90 Å². The van der Waals surface area contributed by atoms with E-state index in [-0.39, 0.29) is 6.04 Å². The molecule has 100 valence electrons. The molecular weight excluding hydrogens is 248 g/mol. The second-order valence-corrected chi connectivity index (χ2v) is 6.66. The van der Waals surface area contributed by atoms with Crippen LogP contribution in [0.5, 0.6) is 0 Å². The lowest BCUT2D eigenvalue weighted by Crippen LogP contribution is -2.51. The number of rotatable bonds is 3. The summed E-state index contributed by atoms with van der Waals surface area (Å²) in [6.07, 6.45) is 0.849. The van der Waals surface area contributed by atoms with Crippen LogP contribution in [0, 0.1) is 0 Å². The maximum atomic E-state index is 12.5. The first-order chi connectivity index (χ1) is 8.54. The van der Waals surface area contributed by atoms with Gasteiger partial charge in [-0.3, -0.25) is 0 Å². The summed E-state index contributed by atoms with van der Waals surface area (Å²) < 4.78 is 26.6. The van der Waals surface area contributed by atoms with E-state index < -0.39 is 10.0 Å². The van der Waals surface area contributed by atoms with E-state index in [0.717, 1.165) is 12.0 Å². The summed E-state index contributed by atoms with van der Waals surface area (Å²) in [6, 6.07) is 7.45. The summed E-state index contributed by atoms with van der Waals surface area (Å²) in [5.41, 5.74) is 1.05. The molecule has 1 saturated heterocycles. The van der Waals surface area contributed by atoms with Gasteiger partial charge in [0.2, 0.25) is 10.0 Å². The van der Waals surface area contributed by atoms with Crippen molar-refractivity contribution in [2.24, 2.45) is 0 Å². The second-order valence-electron chi connectivity index (χ2n) is 4.72. The van der Waals surface area contributed by atoms with E-state index in [1.807, 2.05) is 26.0 Å². The van der Waals surface area contributed by atoms with E-state index in [0.29, 0.717) is 24.5 Å². The monoisotopic (exact) mass is 268 g/mol. The summed E-state index contributed by atoms with van der Waals surface area (Å²) in [4.78, 5) is 0.413. The predicted molar refractivity (Wildman–Crippen MR) is 72.0 cm³/mol. The van der Waals surface area contributed by atoms with Gasteiger partial charge in [-0.1, -0.05) is 19.1 Å². The molecule has 0 saturated carbocycles. The fourth-order valence-corrected chi connectivity index (χ4v) is 3.79. The van der Waals surface area contributed by atoms with Crippen molar-refractivity contribution in [3.05, 3.63) is 29.8 Å². The molecule has 4 nitrogen and oxygen atoms in total. The van der Waals surface area contributed by atoms with Crippen molar-refractivity contribution in [2.45, 2.75) is 31.2 Å². The standard InChI is InChI=1S/C13H20N2O2S/c1-3-12-5-4-6-13(9-12)18(16,17)15-8-7-14-11(2)10-15/h4-6,9,11,14H,3,7-8,10H2,1-2H3/t11-/m1/s1. The van der Waals surface area contributed by atoms with E-state index in [4.69, 9.17) is 0 Å². The molecule has 1 heterocycles. The number of nitrogens with zero attached hydrogens (tertiary/aromatic N) is 1. The van der Waals surface area contributed by atoms with Gasteiger partial charge in [0, 0.05) is 25.7 Å². The van der Waals surface area contributed by atoms with E-state index in [1.165, 1.54) is 0 Å². The first-order valence-corrected chi connectivity index (χ1v) is 7.80. The van der Waals surface area contributed by atoms with Crippen LogP contribution in [0.1, 0.15) is 19.4 Å². The van der Waals surface area contributed by atoms with Crippen LogP contribution < -0.4 is 5.32 Å². The zero-order valence-corrected chi connectivity index (χ0v) is 11.7. The van der Waals surface area contributed by atoms with Crippen LogP contribution in [0.2, 0.25) is 0 Å². The maximum absolute atomic E-state index is 12.5. The first kappa shape index (κ1) is 13.5. The highest BCUT2D eigenvalue weighted by atomic mass is 32.2. The summed E-state index contributed by atoms with van der Waals surface area (Å²) >= 11 is 0. The van der Waals surface area contributed by atoms with Crippen molar-refractivity contribution < 1.29 is 8.42 Å². The molecule has 0 unspecified atom stereocenters. The van der Waals surface area contributed by atoms with E-state index >= 15 is 0 Å². The van der Waals surface area contributed by atoms with Crippen molar-refractivity contribution in [1.29, 1.82) is 0 Å². The Bertz CT molecular complexity index is 513. The summed E-state index contributed by atoms with van der Waals surface area (Å²) in [7, 11) is -3.33. The summed E-state index contributed by atoms with van der Waals surface area (Å²) in [6.45, 7) is 5.83. The number of piperazine rings is 1. The number of hydrogen-bond donors (Lipinski definition) is 1. The average Bonchev–Trinajstić information content (AvgIpc) is 2.39. The molecule has 18 heavy (non-hydrogen) atoms. The Morgan fingerprint density at radius 3 is 2.89 bits per heavy atom. The number of nitrogens with one attached hydrogen (secondary N) is 1. The van der Waals surface area contributed by atoms with Crippen molar-refractivity contribution in [2.75, 3.05) is 19.6 Å². The second kappa shape index (κ2) is 5.38.